The van der Waals surface area contributed by atoms with Crippen molar-refractivity contribution in [2.24, 2.45) is 0 Å². The summed E-state index contributed by atoms with van der Waals surface area (Å²) in [5.74, 6) is -2.50. The molecule has 0 spiro atoms. The minimum atomic E-state index is -0.833. The Bertz CT molecular complexity index is 117. The fourth-order valence-corrected chi connectivity index (χ4v) is 0. The van der Waals surface area contributed by atoms with E-state index in [4.69, 9.17) is 29.7 Å². The van der Waals surface area contributed by atoms with Crippen molar-refractivity contribution in [3.63, 3.8) is 0 Å². The molecule has 0 aliphatic rings. The van der Waals surface area contributed by atoms with Crippen LogP contribution in [0.1, 0.15) is 20.8 Å². The summed E-state index contributed by atoms with van der Waals surface area (Å²) in [7, 11) is 0. The van der Waals surface area contributed by atoms with Gasteiger partial charge in [-0.2, -0.15) is 0 Å². The predicted octanol–water partition coefficient (Wildman–Crippen LogP) is -1.38. The van der Waals surface area contributed by atoms with Crippen LogP contribution in [0, 0.1) is 39.9 Å². The number of carbonyl (C=O) groups is 3. The van der Waals surface area contributed by atoms with E-state index < -0.39 is 17.9 Å². The molecule has 0 unspecified atom stereocenters. The zero-order valence-electron chi connectivity index (χ0n) is 8.42. The molecule has 0 aromatic carbocycles. The molecule has 15 heavy (non-hydrogen) atoms. The summed E-state index contributed by atoms with van der Waals surface area (Å²) in [5.41, 5.74) is 0. The molecule has 0 saturated heterocycles. The van der Waals surface area contributed by atoms with Gasteiger partial charge in [-0.3, -0.25) is 14.4 Å². The van der Waals surface area contributed by atoms with E-state index in [1.54, 1.807) is 0 Å². The van der Waals surface area contributed by atoms with Gasteiger partial charge in [-0.15, -0.1) is 0 Å². The van der Waals surface area contributed by atoms with E-state index in [-0.39, 0.29) is 50.9 Å². The van der Waals surface area contributed by atoms with Crippen LogP contribution >= 0.6 is 0 Å². The third-order valence-corrected chi connectivity index (χ3v) is 0. The first-order valence-corrected chi connectivity index (χ1v) is 2.78. The van der Waals surface area contributed by atoms with Gasteiger partial charge in [-0.1, -0.05) is 0 Å². The van der Waals surface area contributed by atoms with E-state index in [0.717, 1.165) is 20.8 Å². The summed E-state index contributed by atoms with van der Waals surface area (Å²) in [4.78, 5) is 27.0. The van der Waals surface area contributed by atoms with Crippen LogP contribution in [0.15, 0.2) is 0 Å². The number of hydrogen-bond acceptors (Lipinski definition) is 3. The van der Waals surface area contributed by atoms with Crippen LogP contribution in [-0.2, 0) is 14.4 Å². The monoisotopic (exact) mass is 374 g/mol. The Morgan fingerprint density at radius 3 is 0.667 bits per heavy atom. The number of carboxylic acid groups (broad SMARTS) is 3. The second kappa shape index (κ2) is 29.2. The van der Waals surface area contributed by atoms with Crippen molar-refractivity contribution >= 4 is 17.9 Å². The van der Waals surface area contributed by atoms with Crippen molar-refractivity contribution < 1.29 is 80.6 Å². The van der Waals surface area contributed by atoms with Gasteiger partial charge in [0.15, 0.2) is 0 Å². The molecule has 8 nitrogen and oxygen atoms in total. The topological polar surface area (TPSA) is 175 Å². The molecule has 0 bridgehead atoms. The Morgan fingerprint density at radius 2 is 0.667 bits per heavy atom. The summed E-state index contributed by atoms with van der Waals surface area (Å²) in [6.07, 6.45) is 0. The average molecular weight is 373 g/mol. The van der Waals surface area contributed by atoms with Crippen molar-refractivity contribution in [2.75, 3.05) is 0 Å². The molecule has 0 aliphatic heterocycles. The summed E-state index contributed by atoms with van der Waals surface area (Å²) in [5, 5.41) is 22.2. The number of carboxylic acids is 3. The Balaban J connectivity index is -0.0000000184. The Kier molecular flexibility index (Phi) is 71.0. The van der Waals surface area contributed by atoms with E-state index in [9.17, 15) is 0 Å². The first-order valence-electron chi connectivity index (χ1n) is 2.78. The number of aliphatic carboxylic acids is 3. The Morgan fingerprint density at radius 1 is 0.667 bits per heavy atom. The molecule has 0 heterocycles. The summed E-state index contributed by atoms with van der Waals surface area (Å²) < 4.78 is 0. The van der Waals surface area contributed by atoms with E-state index in [1.165, 1.54) is 0 Å². The first kappa shape index (κ1) is 36.5. The smallest absolute Gasteiger partial charge is 0.300 e. The molecule has 9 heteroatoms. The van der Waals surface area contributed by atoms with Crippen LogP contribution in [0.3, 0.4) is 0 Å². The number of hydrogen-bond donors (Lipinski definition) is 3. The predicted molar refractivity (Wildman–Crippen MR) is 47.2 cm³/mol. The molecule has 0 rings (SSSR count). The van der Waals surface area contributed by atoms with Crippen LogP contribution in [0.2, 0.25) is 0 Å². The molecule has 0 aromatic rings. The standard InChI is InChI=1S/3C2H4O2.Gd.2H2O/c3*1-2(3)4;;;/h3*1H3,(H,3,4);;2*1H2. The van der Waals surface area contributed by atoms with Crippen LogP contribution in [-0.4, -0.2) is 44.2 Å². The quantitative estimate of drug-likeness (QED) is 0.471. The largest absolute Gasteiger partial charge is 0.481 e. The summed E-state index contributed by atoms with van der Waals surface area (Å²) in [6, 6.07) is 0. The third kappa shape index (κ3) is 15600. The first-order chi connectivity index (χ1) is 5.20. The van der Waals surface area contributed by atoms with Crippen molar-refractivity contribution in [3.05, 3.63) is 0 Å². The maximum absolute atomic E-state index is 9.00. The van der Waals surface area contributed by atoms with Gasteiger partial charge in [0.1, 0.15) is 0 Å². The molecule has 7 N–H and O–H groups in total. The Hall–Kier alpha value is -0.345. The molecule has 96 valence electrons. The fourth-order valence-electron chi connectivity index (χ4n) is 0. The van der Waals surface area contributed by atoms with Crippen LogP contribution < -0.4 is 0 Å². The zero-order chi connectivity index (χ0) is 10.7. The van der Waals surface area contributed by atoms with Crippen LogP contribution in [0.4, 0.5) is 0 Å². The minimum absolute atomic E-state index is 0. The SMILES string of the molecule is CC(=O)O.CC(=O)O.CC(=O)O.O.O.[Gd]. The third-order valence-electron chi connectivity index (χ3n) is 0. The van der Waals surface area contributed by atoms with Crippen molar-refractivity contribution in [2.45, 2.75) is 20.8 Å². The van der Waals surface area contributed by atoms with E-state index >= 15 is 0 Å². The van der Waals surface area contributed by atoms with Crippen LogP contribution in [0.5, 0.6) is 0 Å². The molecule has 0 aliphatic carbocycles. The van der Waals surface area contributed by atoms with Gasteiger partial charge in [0, 0.05) is 60.7 Å². The van der Waals surface area contributed by atoms with E-state index in [0.29, 0.717) is 0 Å². The van der Waals surface area contributed by atoms with Gasteiger partial charge in [-0.25, -0.2) is 0 Å². The van der Waals surface area contributed by atoms with Crippen molar-refractivity contribution in [3.8, 4) is 0 Å². The molecular weight excluding hydrogens is 357 g/mol. The number of rotatable bonds is 0. The normalized spacial score (nSPS) is 5.00. The van der Waals surface area contributed by atoms with Gasteiger partial charge in [0.2, 0.25) is 0 Å². The molecule has 0 fully saturated rings. The minimum Gasteiger partial charge on any atom is -0.481 e. The van der Waals surface area contributed by atoms with Gasteiger partial charge in [0.05, 0.1) is 0 Å². The molecule has 0 amide bonds. The van der Waals surface area contributed by atoms with Gasteiger partial charge in [-0.05, 0) is 0 Å². The molecular formula is C6H16GdO8. The maximum Gasteiger partial charge on any atom is 0.300 e. The second-order valence-electron chi connectivity index (χ2n) is 1.56. The fraction of sp³-hybridized carbons (Fsp3) is 0.500. The molecule has 0 atom stereocenters. The van der Waals surface area contributed by atoms with Gasteiger partial charge in [0.25, 0.3) is 17.9 Å². The summed E-state index contributed by atoms with van der Waals surface area (Å²) >= 11 is 0. The van der Waals surface area contributed by atoms with Gasteiger partial charge >= 0.3 is 0 Å². The van der Waals surface area contributed by atoms with E-state index in [1.807, 2.05) is 0 Å². The second-order valence-corrected chi connectivity index (χ2v) is 1.56. The van der Waals surface area contributed by atoms with Crippen molar-refractivity contribution in [1.29, 1.82) is 0 Å². The van der Waals surface area contributed by atoms with E-state index in [2.05, 4.69) is 0 Å². The van der Waals surface area contributed by atoms with Crippen molar-refractivity contribution in [1.82, 2.24) is 0 Å². The molecule has 0 saturated carbocycles. The Labute approximate surface area is 119 Å². The molecule has 0 aromatic heterocycles. The zero-order valence-corrected chi connectivity index (χ0v) is 10.7. The van der Waals surface area contributed by atoms with Crippen LogP contribution in [0.25, 0.3) is 0 Å². The average Bonchev–Trinajstić information content (AvgIpc) is 1.54. The summed E-state index contributed by atoms with van der Waals surface area (Å²) in [6.45, 7) is 3.25. The molecule has 0 radical (unpaired) electrons. The maximum atomic E-state index is 9.00. The van der Waals surface area contributed by atoms with Gasteiger partial charge < -0.3 is 26.3 Å².